The molecule has 2 bridgehead atoms. The lowest BCUT2D eigenvalue weighted by Crippen LogP contribution is -2.55. The molecule has 11 nitrogen and oxygen atoms in total. The fourth-order valence-electron chi connectivity index (χ4n) is 9.67. The van der Waals surface area contributed by atoms with Gasteiger partial charge in [0.15, 0.2) is 17.5 Å². The van der Waals surface area contributed by atoms with Gasteiger partial charge < -0.3 is 19.3 Å². The number of carbonyl (C=O) groups excluding carboxylic acids is 1. The molecule has 4 aromatic rings. The number of amides is 1. The number of carbonyl (C=O) groups is 1. The van der Waals surface area contributed by atoms with Crippen molar-refractivity contribution in [2.24, 2.45) is 0 Å². The second-order valence-electron chi connectivity index (χ2n) is 15.7. The van der Waals surface area contributed by atoms with Crippen LogP contribution in [0.15, 0.2) is 48.7 Å². The Labute approximate surface area is 321 Å². The van der Waals surface area contributed by atoms with E-state index in [1.54, 1.807) is 23.1 Å². The first-order valence-electron chi connectivity index (χ1n) is 19.4. The van der Waals surface area contributed by atoms with Crippen LogP contribution < -0.4 is 9.64 Å². The van der Waals surface area contributed by atoms with Crippen molar-refractivity contribution in [2.45, 2.75) is 68.4 Å². The van der Waals surface area contributed by atoms with Crippen LogP contribution in [0.1, 0.15) is 38.5 Å². The third-order valence-corrected chi connectivity index (χ3v) is 12.4. The average Bonchev–Trinajstić information content (AvgIpc) is 3.80. The topological polar surface area (TPSA) is 111 Å². The number of anilines is 1. The highest BCUT2D eigenvalue weighted by Gasteiger charge is 2.49. The summed E-state index contributed by atoms with van der Waals surface area (Å²) in [5.74, 6) is -2.96. The molecule has 0 N–H and O–H groups in total. The number of aromatic nitrogens is 3. The number of hydrogen-bond acceptors (Lipinski definition) is 10. The van der Waals surface area contributed by atoms with Gasteiger partial charge in [0.05, 0.1) is 42.7 Å². The van der Waals surface area contributed by atoms with E-state index in [-0.39, 0.29) is 65.6 Å². The molecule has 0 radical (unpaired) electrons. The van der Waals surface area contributed by atoms with Crippen LogP contribution in [0, 0.1) is 28.8 Å². The van der Waals surface area contributed by atoms with Crippen molar-refractivity contribution in [2.75, 3.05) is 64.0 Å². The van der Waals surface area contributed by atoms with Crippen LogP contribution in [-0.4, -0.2) is 124 Å². The highest BCUT2D eigenvalue weighted by atomic mass is 19.2. The zero-order valence-corrected chi connectivity index (χ0v) is 30.8. The Hall–Kier alpha value is -4.91. The fourth-order valence-corrected chi connectivity index (χ4v) is 9.67. The number of ether oxygens (including phenoxy) is 2. The summed E-state index contributed by atoms with van der Waals surface area (Å²) < 4.78 is 73.2. The molecule has 5 fully saturated rings. The maximum Gasteiger partial charge on any atom is 0.319 e. The van der Waals surface area contributed by atoms with Crippen molar-refractivity contribution in [3.63, 3.8) is 0 Å². The Morgan fingerprint density at radius 2 is 1.89 bits per heavy atom. The largest absolute Gasteiger partial charge is 0.461 e. The van der Waals surface area contributed by atoms with Crippen LogP contribution in [0.4, 0.5) is 23.4 Å². The highest BCUT2D eigenvalue weighted by Crippen LogP contribution is 2.41. The van der Waals surface area contributed by atoms with E-state index in [1.165, 1.54) is 18.3 Å². The van der Waals surface area contributed by atoms with Crippen molar-refractivity contribution in [3.05, 3.63) is 66.1 Å². The van der Waals surface area contributed by atoms with Gasteiger partial charge >= 0.3 is 6.01 Å². The molecule has 2 aromatic carbocycles. The maximum atomic E-state index is 16.9. The summed E-state index contributed by atoms with van der Waals surface area (Å²) in [5, 5.41) is 10.3. The molecule has 5 aliphatic rings. The van der Waals surface area contributed by atoms with Crippen LogP contribution in [0.2, 0.25) is 0 Å². The Kier molecular flexibility index (Phi) is 9.75. The molecule has 5 saturated heterocycles. The van der Waals surface area contributed by atoms with Gasteiger partial charge in [-0.15, -0.1) is 0 Å². The molecule has 0 saturated carbocycles. The summed E-state index contributed by atoms with van der Waals surface area (Å²) in [5.41, 5.74) is -0.843. The van der Waals surface area contributed by atoms with Gasteiger partial charge in [0.1, 0.15) is 29.8 Å². The Balaban J connectivity index is 1.04. The number of hydrogen-bond donors (Lipinski definition) is 0. The normalized spacial score (nSPS) is 26.8. The second kappa shape index (κ2) is 14.9. The molecular weight excluding hydrogens is 728 g/mol. The highest BCUT2D eigenvalue weighted by molar-refractivity contribution is 5.99. The molecule has 5 aliphatic heterocycles. The number of halogens is 4. The summed E-state index contributed by atoms with van der Waals surface area (Å²) in [6.07, 6.45) is 8.08. The van der Waals surface area contributed by atoms with Crippen LogP contribution in [0.5, 0.6) is 6.01 Å². The van der Waals surface area contributed by atoms with Crippen molar-refractivity contribution in [3.8, 4) is 23.3 Å². The average molecular weight is 771 g/mol. The number of nitrogens with zero attached hydrogens (tertiary/aromatic N) is 8. The number of rotatable bonds is 9. The van der Waals surface area contributed by atoms with E-state index in [0.717, 1.165) is 38.3 Å². The molecule has 2 aromatic heterocycles. The maximum absolute atomic E-state index is 16.9. The number of fused-ring (bicyclic) bond motifs is 5. The molecule has 292 valence electrons. The van der Waals surface area contributed by atoms with E-state index in [2.05, 4.69) is 25.8 Å². The summed E-state index contributed by atoms with van der Waals surface area (Å²) in [4.78, 5) is 35.3. The molecule has 0 unspecified atom stereocenters. The van der Waals surface area contributed by atoms with Crippen LogP contribution in [0.3, 0.4) is 0 Å². The summed E-state index contributed by atoms with van der Waals surface area (Å²) in [6, 6.07) is 9.45. The lowest BCUT2D eigenvalue weighted by molar-refractivity contribution is -0.128. The number of nitriles is 1. The lowest BCUT2D eigenvalue weighted by atomic mass is 9.95. The molecule has 7 heterocycles. The number of piperazine rings is 1. The number of morpholine rings is 1. The van der Waals surface area contributed by atoms with Crippen molar-refractivity contribution < 1.29 is 31.8 Å². The number of pyridine rings is 1. The standard InChI is InChI=1S/C41H42F4N8O3/c42-26-18-41(12-3-14-51(41)20-26)24-56-40-48-38-31(19-47-37(36(38)45)30-5-1-4-25-7-10-32(43)35(44)34(25)30)39(49-40)50-16-17-53(27(21-50)11-13-46)33(54)6-2-15-52-28-8-9-29(52)23-55-22-28/h1-2,4-7,10,19,26-29H,3,8-9,11-12,14-18,20-24H2/b6-2+/t26-,27+,28-,29+,41+/m1/s1. The van der Waals surface area contributed by atoms with Gasteiger partial charge in [-0.3, -0.25) is 19.6 Å². The first-order valence-corrected chi connectivity index (χ1v) is 19.4. The van der Waals surface area contributed by atoms with Crippen molar-refractivity contribution in [1.29, 1.82) is 5.26 Å². The van der Waals surface area contributed by atoms with Crippen molar-refractivity contribution >= 4 is 33.4 Å². The molecular formula is C41H42F4N8O3. The van der Waals surface area contributed by atoms with E-state index in [0.29, 0.717) is 62.6 Å². The predicted molar refractivity (Wildman–Crippen MR) is 200 cm³/mol. The van der Waals surface area contributed by atoms with Gasteiger partial charge in [-0.05, 0) is 43.7 Å². The van der Waals surface area contributed by atoms with Gasteiger partial charge in [0, 0.05) is 74.5 Å². The lowest BCUT2D eigenvalue weighted by Gasteiger charge is -2.41. The minimum Gasteiger partial charge on any atom is -0.461 e. The van der Waals surface area contributed by atoms with Gasteiger partial charge in [-0.1, -0.05) is 30.3 Å². The van der Waals surface area contributed by atoms with Crippen LogP contribution in [0.25, 0.3) is 32.9 Å². The van der Waals surface area contributed by atoms with E-state index >= 15 is 8.78 Å². The Bertz CT molecular complexity index is 2240. The SMILES string of the molecule is N#CC[C@H]1CN(c2nc(OC[C@@]34CCCN3C[C@H](F)C4)nc3c(F)c(-c4cccc5ccc(F)c(F)c45)ncc23)CCN1C(=O)/C=C/CN1[C@@H]2CC[C@H]1COC2. The Morgan fingerprint density at radius 3 is 2.71 bits per heavy atom. The van der Waals surface area contributed by atoms with E-state index in [1.807, 2.05) is 11.0 Å². The van der Waals surface area contributed by atoms with Gasteiger partial charge in [0.25, 0.3) is 0 Å². The first kappa shape index (κ1) is 36.7. The summed E-state index contributed by atoms with van der Waals surface area (Å²) in [6.45, 7) is 4.02. The monoisotopic (exact) mass is 770 g/mol. The second-order valence-corrected chi connectivity index (χ2v) is 15.7. The molecule has 0 spiro atoms. The Morgan fingerprint density at radius 1 is 1.05 bits per heavy atom. The molecule has 1 amide bonds. The predicted octanol–water partition coefficient (Wildman–Crippen LogP) is 5.57. The fraction of sp³-hybridized carbons (Fsp3) is 0.488. The van der Waals surface area contributed by atoms with Crippen LogP contribution in [-0.2, 0) is 9.53 Å². The molecule has 9 rings (SSSR count). The molecule has 56 heavy (non-hydrogen) atoms. The smallest absolute Gasteiger partial charge is 0.319 e. The van der Waals surface area contributed by atoms with E-state index in [4.69, 9.17) is 14.5 Å². The van der Waals surface area contributed by atoms with E-state index in [9.17, 15) is 18.8 Å². The molecule has 0 aliphatic carbocycles. The zero-order chi connectivity index (χ0) is 38.6. The number of alkyl halides is 1. The number of benzene rings is 2. The first-order chi connectivity index (χ1) is 27.2. The third-order valence-electron chi connectivity index (χ3n) is 12.4. The van der Waals surface area contributed by atoms with Crippen LogP contribution >= 0.6 is 0 Å². The summed E-state index contributed by atoms with van der Waals surface area (Å²) >= 11 is 0. The minimum absolute atomic E-state index is 0.0532. The summed E-state index contributed by atoms with van der Waals surface area (Å²) in [7, 11) is 0. The van der Waals surface area contributed by atoms with Crippen molar-refractivity contribution in [1.82, 2.24) is 29.7 Å². The van der Waals surface area contributed by atoms with Gasteiger partial charge in [-0.2, -0.15) is 15.2 Å². The van der Waals surface area contributed by atoms with E-state index < -0.39 is 35.2 Å². The van der Waals surface area contributed by atoms with Gasteiger partial charge in [-0.25, -0.2) is 17.6 Å². The molecule has 5 atom stereocenters. The zero-order valence-electron chi connectivity index (χ0n) is 30.8. The van der Waals surface area contributed by atoms with Gasteiger partial charge in [0.2, 0.25) is 5.91 Å². The molecule has 15 heteroatoms. The quantitative estimate of drug-likeness (QED) is 0.158. The third kappa shape index (κ3) is 6.51. The minimum atomic E-state index is -1.12.